The molecule has 0 fully saturated rings. The highest BCUT2D eigenvalue weighted by Crippen LogP contribution is 2.20. The van der Waals surface area contributed by atoms with E-state index in [1.807, 2.05) is 0 Å². The zero-order chi connectivity index (χ0) is 12.1. The second-order valence-corrected chi connectivity index (χ2v) is 4.65. The minimum absolute atomic E-state index is 0.279. The molecule has 15 heavy (non-hydrogen) atoms. The summed E-state index contributed by atoms with van der Waals surface area (Å²) in [5.41, 5.74) is 4.76. The summed E-state index contributed by atoms with van der Waals surface area (Å²) in [7, 11) is -5.49. The largest absolute Gasteiger partial charge is 0.696 e. The van der Waals surface area contributed by atoms with Crippen molar-refractivity contribution in [1.29, 1.82) is 0 Å². The van der Waals surface area contributed by atoms with Crippen LogP contribution in [0, 0.1) is 0 Å². The molecular formula is C5H14N2O6P2+2. The minimum atomic E-state index is -2.74. The van der Waals surface area contributed by atoms with Crippen LogP contribution in [0.2, 0.25) is 0 Å². The van der Waals surface area contributed by atoms with Gasteiger partial charge in [0.15, 0.2) is 13.5 Å². The Morgan fingerprint density at radius 3 is 1.73 bits per heavy atom. The van der Waals surface area contributed by atoms with Crippen LogP contribution < -0.4 is 5.73 Å². The van der Waals surface area contributed by atoms with Crippen molar-refractivity contribution in [2.45, 2.75) is 19.5 Å². The lowest BCUT2D eigenvalue weighted by Crippen LogP contribution is -2.52. The molecule has 88 valence electrons. The van der Waals surface area contributed by atoms with Crippen LogP contribution in [0.4, 0.5) is 0 Å². The summed E-state index contributed by atoms with van der Waals surface area (Å²) in [5.74, 6) is 0. The van der Waals surface area contributed by atoms with Crippen molar-refractivity contribution in [3.8, 4) is 0 Å². The van der Waals surface area contributed by atoms with E-state index in [9.17, 15) is 9.13 Å². The maximum absolute atomic E-state index is 10.3. The Kier molecular flexibility index (Phi) is 6.51. The summed E-state index contributed by atoms with van der Waals surface area (Å²) in [6.07, 6.45) is 0. The van der Waals surface area contributed by atoms with Gasteiger partial charge in [-0.2, -0.15) is 0 Å². The van der Waals surface area contributed by atoms with Gasteiger partial charge in [-0.1, -0.05) is 0 Å². The molecule has 0 aromatic heterocycles. The quantitative estimate of drug-likeness (QED) is 0.439. The van der Waals surface area contributed by atoms with Gasteiger partial charge in [-0.25, -0.2) is 4.90 Å². The molecule has 0 heterocycles. The Balaban J connectivity index is 4.19. The van der Waals surface area contributed by atoms with E-state index >= 15 is 0 Å². The van der Waals surface area contributed by atoms with Crippen molar-refractivity contribution in [3.05, 3.63) is 0 Å². The molecule has 0 amide bonds. The van der Waals surface area contributed by atoms with Crippen LogP contribution >= 0.6 is 16.5 Å². The normalized spacial score (nSPS) is 14.3. The third kappa shape index (κ3) is 7.84. The first-order valence-electron chi connectivity index (χ1n) is 3.85. The van der Waals surface area contributed by atoms with Crippen LogP contribution in [-0.4, -0.2) is 33.8 Å². The van der Waals surface area contributed by atoms with Gasteiger partial charge in [0.1, 0.15) is 0 Å². The van der Waals surface area contributed by atoms with Crippen molar-refractivity contribution in [3.63, 3.8) is 0 Å². The molecule has 0 radical (unpaired) electrons. The molecule has 0 saturated heterocycles. The molecule has 2 atom stereocenters. The van der Waals surface area contributed by atoms with Crippen molar-refractivity contribution < 1.29 is 28.0 Å². The third-order valence-corrected chi connectivity index (χ3v) is 2.14. The number of nitrogens with two attached hydrogens (primary N) is 1. The second kappa shape index (κ2) is 6.52. The summed E-state index contributed by atoms with van der Waals surface area (Å²) < 4.78 is 29.4. The van der Waals surface area contributed by atoms with Crippen LogP contribution in [0.15, 0.2) is 0 Å². The first-order valence-corrected chi connectivity index (χ1v) is 6.11. The van der Waals surface area contributed by atoms with Gasteiger partial charge in [-0.15, -0.1) is 18.8 Å². The van der Waals surface area contributed by atoms with Crippen LogP contribution in [0.25, 0.3) is 0 Å². The van der Waals surface area contributed by atoms with E-state index in [0.717, 1.165) is 0 Å². The smallest absolute Gasteiger partial charge is 0.313 e. The Bertz CT molecular complexity index is 224. The molecular weight excluding hydrogens is 246 g/mol. The monoisotopic (exact) mass is 260 g/mol. The maximum Gasteiger partial charge on any atom is 0.696 e. The van der Waals surface area contributed by atoms with E-state index in [-0.39, 0.29) is 13.5 Å². The summed E-state index contributed by atoms with van der Waals surface area (Å²) in [6, 6.07) is 0. The van der Waals surface area contributed by atoms with Gasteiger partial charge in [0, 0.05) is 9.13 Å². The Morgan fingerprint density at radius 2 is 1.53 bits per heavy atom. The molecule has 2 unspecified atom stereocenters. The van der Waals surface area contributed by atoms with Gasteiger partial charge in [0.05, 0.1) is 5.66 Å². The Labute approximate surface area is 88.9 Å². The molecule has 4 N–H and O–H groups in total. The molecule has 0 spiro atoms. The van der Waals surface area contributed by atoms with E-state index in [0.29, 0.717) is 0 Å². The molecule has 0 aliphatic carbocycles. The lowest BCUT2D eigenvalue weighted by atomic mass is 10.2. The standard InChI is InChI=1S/C5H12N2O6P2/c1-5(2,6)7(3-12-14(8)9)4-13-15(10)11/h3-4,6H2,1-2H3/p+2. The van der Waals surface area contributed by atoms with E-state index in [2.05, 4.69) is 9.05 Å². The molecule has 10 heteroatoms. The van der Waals surface area contributed by atoms with Gasteiger partial charge in [-0.3, -0.25) is 0 Å². The summed E-state index contributed by atoms with van der Waals surface area (Å²) >= 11 is 0. The molecule has 8 nitrogen and oxygen atoms in total. The van der Waals surface area contributed by atoms with E-state index in [1.54, 1.807) is 13.8 Å². The van der Waals surface area contributed by atoms with Gasteiger partial charge < -0.3 is 5.73 Å². The molecule has 0 bridgehead atoms. The number of rotatable bonds is 7. The summed E-state index contributed by atoms with van der Waals surface area (Å²) in [6.45, 7) is 2.62. The van der Waals surface area contributed by atoms with Gasteiger partial charge >= 0.3 is 16.5 Å². The molecule has 0 aliphatic rings. The van der Waals surface area contributed by atoms with Crippen molar-refractivity contribution >= 4 is 16.5 Å². The average molecular weight is 260 g/mol. The fraction of sp³-hybridized carbons (Fsp3) is 1.00. The Morgan fingerprint density at radius 1 is 1.20 bits per heavy atom. The first-order chi connectivity index (χ1) is 6.73. The fourth-order valence-corrected chi connectivity index (χ4v) is 1.08. The zero-order valence-corrected chi connectivity index (χ0v) is 10.1. The molecule has 0 rings (SSSR count). The predicted molar refractivity (Wildman–Crippen MR) is 51.7 cm³/mol. The highest BCUT2D eigenvalue weighted by Gasteiger charge is 2.29. The van der Waals surface area contributed by atoms with Crippen molar-refractivity contribution in [1.82, 2.24) is 4.90 Å². The molecule has 0 saturated carbocycles. The van der Waals surface area contributed by atoms with E-state index in [1.165, 1.54) is 4.90 Å². The summed E-state index contributed by atoms with van der Waals surface area (Å²) in [5, 5.41) is 0. The van der Waals surface area contributed by atoms with E-state index in [4.69, 9.17) is 15.5 Å². The lowest BCUT2D eigenvalue weighted by Gasteiger charge is -2.30. The maximum atomic E-state index is 10.3. The minimum Gasteiger partial charge on any atom is -0.313 e. The summed E-state index contributed by atoms with van der Waals surface area (Å²) in [4.78, 5) is 18.1. The van der Waals surface area contributed by atoms with Gasteiger partial charge in [0.2, 0.25) is 0 Å². The van der Waals surface area contributed by atoms with Crippen LogP contribution in [0.3, 0.4) is 0 Å². The average Bonchev–Trinajstić information content (AvgIpc) is 2.00. The van der Waals surface area contributed by atoms with Crippen LogP contribution in [0.5, 0.6) is 0 Å². The second-order valence-electron chi connectivity index (χ2n) is 3.19. The predicted octanol–water partition coefficient (Wildman–Crippen LogP) is 0.231. The van der Waals surface area contributed by atoms with E-state index < -0.39 is 22.2 Å². The Hall–Kier alpha value is -0.0400. The fourth-order valence-electron chi connectivity index (χ4n) is 0.608. The number of hydrogen-bond acceptors (Lipinski definition) is 6. The molecule has 0 aromatic rings. The van der Waals surface area contributed by atoms with Gasteiger partial charge in [-0.05, 0) is 13.8 Å². The number of hydrogen-bond donors (Lipinski definition) is 3. The third-order valence-electron chi connectivity index (χ3n) is 1.46. The highest BCUT2D eigenvalue weighted by atomic mass is 31.1. The van der Waals surface area contributed by atoms with Gasteiger partial charge in [0.25, 0.3) is 0 Å². The van der Waals surface area contributed by atoms with Crippen molar-refractivity contribution in [2.24, 2.45) is 5.73 Å². The zero-order valence-electron chi connectivity index (χ0n) is 8.36. The lowest BCUT2D eigenvalue weighted by molar-refractivity contribution is -0.0171. The topological polar surface area (TPSA) is 122 Å². The first kappa shape index (κ1) is 15.0. The SMILES string of the molecule is CC(C)(N)N(CO[P+](=O)O)CO[P+](=O)O. The van der Waals surface area contributed by atoms with Crippen LogP contribution in [-0.2, 0) is 18.2 Å². The number of nitrogens with zero attached hydrogens (tertiary/aromatic N) is 1. The highest BCUT2D eigenvalue weighted by molar-refractivity contribution is 7.32. The van der Waals surface area contributed by atoms with Crippen molar-refractivity contribution in [2.75, 3.05) is 13.5 Å². The van der Waals surface area contributed by atoms with Crippen LogP contribution in [0.1, 0.15) is 13.8 Å². The molecule has 0 aromatic carbocycles. The molecule has 0 aliphatic heterocycles.